The molecule has 1 N–H and O–H groups in total. The van der Waals surface area contributed by atoms with Gasteiger partial charge in [0.2, 0.25) is 5.91 Å². The van der Waals surface area contributed by atoms with Gasteiger partial charge >= 0.3 is 5.97 Å². The van der Waals surface area contributed by atoms with E-state index in [1.807, 2.05) is 24.3 Å². The molecule has 6 heteroatoms. The van der Waals surface area contributed by atoms with Gasteiger partial charge in [-0.1, -0.05) is 23.7 Å². The lowest BCUT2D eigenvalue weighted by Crippen LogP contribution is -2.38. The molecular formula is C15H18ClNO3S. The molecule has 1 aliphatic carbocycles. The van der Waals surface area contributed by atoms with Crippen molar-refractivity contribution in [2.45, 2.75) is 18.6 Å². The number of carboxylic acids is 1. The number of halogens is 1. The predicted octanol–water partition coefficient (Wildman–Crippen LogP) is 2.90. The molecule has 0 radical (unpaired) electrons. The number of hydrogen-bond donors (Lipinski definition) is 1. The Balaban J connectivity index is 1.77. The highest BCUT2D eigenvalue weighted by Gasteiger charge is 2.27. The van der Waals surface area contributed by atoms with Gasteiger partial charge in [0, 0.05) is 17.3 Å². The minimum absolute atomic E-state index is 0.0942. The average Bonchev–Trinajstić information content (AvgIpc) is 3.23. The lowest BCUT2D eigenvalue weighted by atomic mass is 10.2. The number of carbonyl (C=O) groups is 2. The first-order valence-corrected chi connectivity index (χ1v) is 8.39. The molecular weight excluding hydrogens is 310 g/mol. The minimum Gasteiger partial charge on any atom is -0.480 e. The molecule has 0 aromatic heterocycles. The molecule has 1 aromatic carbocycles. The van der Waals surface area contributed by atoms with Crippen LogP contribution in [0.5, 0.6) is 0 Å². The van der Waals surface area contributed by atoms with Crippen molar-refractivity contribution in [1.29, 1.82) is 0 Å². The topological polar surface area (TPSA) is 57.6 Å². The van der Waals surface area contributed by atoms with Crippen LogP contribution in [0.4, 0.5) is 0 Å². The maximum Gasteiger partial charge on any atom is 0.323 e. The fourth-order valence-corrected chi connectivity index (χ4v) is 2.97. The summed E-state index contributed by atoms with van der Waals surface area (Å²) < 4.78 is 0. The molecule has 1 aromatic rings. The van der Waals surface area contributed by atoms with Gasteiger partial charge in [-0.3, -0.25) is 9.59 Å². The van der Waals surface area contributed by atoms with Crippen LogP contribution >= 0.6 is 23.4 Å². The highest BCUT2D eigenvalue weighted by atomic mass is 35.5. The summed E-state index contributed by atoms with van der Waals surface area (Å²) in [5, 5.41) is 9.57. The maximum atomic E-state index is 12.1. The van der Waals surface area contributed by atoms with Crippen molar-refractivity contribution in [2.75, 3.05) is 18.8 Å². The van der Waals surface area contributed by atoms with Gasteiger partial charge in [0.25, 0.3) is 0 Å². The van der Waals surface area contributed by atoms with Gasteiger partial charge < -0.3 is 10.0 Å². The molecule has 0 spiro atoms. The van der Waals surface area contributed by atoms with Gasteiger partial charge in [0.05, 0.1) is 5.75 Å². The lowest BCUT2D eigenvalue weighted by Gasteiger charge is -2.20. The second kappa shape index (κ2) is 7.71. The number of aliphatic carboxylic acids is 1. The van der Waals surface area contributed by atoms with Gasteiger partial charge in [-0.25, -0.2) is 0 Å². The van der Waals surface area contributed by atoms with Gasteiger partial charge in [0.15, 0.2) is 0 Å². The highest BCUT2D eigenvalue weighted by Crippen LogP contribution is 2.30. The molecule has 1 saturated carbocycles. The zero-order valence-corrected chi connectivity index (χ0v) is 13.2. The van der Waals surface area contributed by atoms with Crippen LogP contribution < -0.4 is 0 Å². The second-order valence-electron chi connectivity index (χ2n) is 5.23. The molecule has 2 rings (SSSR count). The molecule has 0 heterocycles. The number of nitrogens with zero attached hydrogens (tertiary/aromatic N) is 1. The van der Waals surface area contributed by atoms with Crippen molar-refractivity contribution >= 4 is 35.2 Å². The van der Waals surface area contributed by atoms with Crippen molar-refractivity contribution in [3.05, 3.63) is 34.9 Å². The van der Waals surface area contributed by atoms with Gasteiger partial charge in [0.1, 0.15) is 6.54 Å². The van der Waals surface area contributed by atoms with Crippen LogP contribution in [0.15, 0.2) is 24.3 Å². The Hall–Kier alpha value is -1.20. The molecule has 4 nitrogen and oxygen atoms in total. The summed E-state index contributed by atoms with van der Waals surface area (Å²) in [5.74, 6) is 0.472. The largest absolute Gasteiger partial charge is 0.480 e. The Morgan fingerprint density at radius 2 is 1.95 bits per heavy atom. The monoisotopic (exact) mass is 327 g/mol. The lowest BCUT2D eigenvalue weighted by molar-refractivity contribution is -0.143. The van der Waals surface area contributed by atoms with E-state index in [9.17, 15) is 9.59 Å². The summed E-state index contributed by atoms with van der Waals surface area (Å²) in [6, 6.07) is 7.50. The smallest absolute Gasteiger partial charge is 0.323 e. The van der Waals surface area contributed by atoms with Crippen LogP contribution in [0.25, 0.3) is 0 Å². The average molecular weight is 328 g/mol. The molecule has 1 amide bonds. The first-order valence-electron chi connectivity index (χ1n) is 6.86. The van der Waals surface area contributed by atoms with Crippen molar-refractivity contribution in [3.63, 3.8) is 0 Å². The van der Waals surface area contributed by atoms with E-state index >= 15 is 0 Å². The molecule has 0 unspecified atom stereocenters. The van der Waals surface area contributed by atoms with E-state index in [0.717, 1.165) is 18.4 Å². The minimum atomic E-state index is -0.952. The van der Waals surface area contributed by atoms with E-state index in [-0.39, 0.29) is 12.5 Å². The number of rotatable bonds is 8. The quantitative estimate of drug-likeness (QED) is 0.797. The summed E-state index contributed by atoms with van der Waals surface area (Å²) in [6.45, 7) is 0.378. The third kappa shape index (κ3) is 5.98. The van der Waals surface area contributed by atoms with Crippen LogP contribution in [0.2, 0.25) is 5.02 Å². The normalized spacial score (nSPS) is 14.0. The Morgan fingerprint density at radius 1 is 1.29 bits per heavy atom. The Kier molecular flexibility index (Phi) is 5.94. The number of carboxylic acid groups (broad SMARTS) is 1. The van der Waals surface area contributed by atoms with Gasteiger partial charge in [-0.05, 0) is 36.5 Å². The second-order valence-corrected chi connectivity index (χ2v) is 6.65. The first kappa shape index (κ1) is 16.2. The number of hydrogen-bond acceptors (Lipinski definition) is 3. The SMILES string of the molecule is O=C(O)CN(CC1CC1)C(=O)CSCc1ccc(Cl)cc1. The Labute approximate surface area is 133 Å². The number of amides is 1. The summed E-state index contributed by atoms with van der Waals surface area (Å²) in [7, 11) is 0. The van der Waals surface area contributed by atoms with E-state index in [1.54, 1.807) is 0 Å². The summed E-state index contributed by atoms with van der Waals surface area (Å²) >= 11 is 7.31. The van der Waals surface area contributed by atoms with E-state index in [2.05, 4.69) is 0 Å². The van der Waals surface area contributed by atoms with Gasteiger partial charge in [-0.2, -0.15) is 0 Å². The molecule has 1 aliphatic rings. The number of thioether (sulfide) groups is 1. The fourth-order valence-electron chi connectivity index (χ4n) is 1.96. The molecule has 0 aliphatic heterocycles. The van der Waals surface area contributed by atoms with Crippen LogP contribution in [-0.4, -0.2) is 40.7 Å². The van der Waals surface area contributed by atoms with Crippen LogP contribution in [0, 0.1) is 5.92 Å². The molecule has 0 atom stereocenters. The molecule has 0 saturated heterocycles. The van der Waals surface area contributed by atoms with Crippen molar-refractivity contribution in [3.8, 4) is 0 Å². The first-order chi connectivity index (χ1) is 10.0. The molecule has 0 bridgehead atoms. The van der Waals surface area contributed by atoms with Crippen molar-refractivity contribution < 1.29 is 14.7 Å². The maximum absolute atomic E-state index is 12.1. The van der Waals surface area contributed by atoms with Crippen LogP contribution in [-0.2, 0) is 15.3 Å². The van der Waals surface area contributed by atoms with E-state index in [4.69, 9.17) is 16.7 Å². The Morgan fingerprint density at radius 3 is 2.52 bits per heavy atom. The van der Waals surface area contributed by atoms with Gasteiger partial charge in [-0.15, -0.1) is 11.8 Å². The van der Waals surface area contributed by atoms with E-state index in [0.29, 0.717) is 29.0 Å². The van der Waals surface area contributed by atoms with E-state index in [1.165, 1.54) is 16.7 Å². The molecule has 1 fully saturated rings. The van der Waals surface area contributed by atoms with Crippen LogP contribution in [0.3, 0.4) is 0 Å². The molecule has 21 heavy (non-hydrogen) atoms. The highest BCUT2D eigenvalue weighted by molar-refractivity contribution is 7.99. The van der Waals surface area contributed by atoms with Crippen molar-refractivity contribution in [2.24, 2.45) is 5.92 Å². The van der Waals surface area contributed by atoms with Crippen LogP contribution in [0.1, 0.15) is 18.4 Å². The summed E-state index contributed by atoms with van der Waals surface area (Å²) in [4.78, 5) is 24.4. The Bertz CT molecular complexity index is 502. The van der Waals surface area contributed by atoms with E-state index < -0.39 is 5.97 Å². The summed E-state index contributed by atoms with van der Waals surface area (Å²) in [5.41, 5.74) is 1.10. The number of benzene rings is 1. The number of carbonyl (C=O) groups excluding carboxylic acids is 1. The summed E-state index contributed by atoms with van der Waals surface area (Å²) in [6.07, 6.45) is 2.20. The third-order valence-electron chi connectivity index (χ3n) is 3.26. The molecule has 114 valence electrons. The third-order valence-corrected chi connectivity index (χ3v) is 4.50. The zero-order valence-electron chi connectivity index (χ0n) is 11.6. The standard InChI is InChI=1S/C15H18ClNO3S/c16-13-5-3-12(4-6-13)9-21-10-14(18)17(8-15(19)20)7-11-1-2-11/h3-6,11H,1-2,7-10H2,(H,19,20). The fraction of sp³-hybridized carbons (Fsp3) is 0.467. The van der Waals surface area contributed by atoms with Crippen molar-refractivity contribution in [1.82, 2.24) is 4.90 Å². The predicted molar refractivity (Wildman–Crippen MR) is 84.6 cm³/mol. The zero-order chi connectivity index (χ0) is 15.2.